The number of benzene rings is 1. The molecule has 19 heavy (non-hydrogen) atoms. The second kappa shape index (κ2) is 6.88. The zero-order chi connectivity index (χ0) is 14.4. The third kappa shape index (κ3) is 4.36. The van der Waals surface area contributed by atoms with Crippen molar-refractivity contribution in [1.29, 1.82) is 0 Å². The van der Waals surface area contributed by atoms with Crippen molar-refractivity contribution in [3.05, 3.63) is 41.0 Å². The van der Waals surface area contributed by atoms with E-state index in [0.717, 1.165) is 5.56 Å². The van der Waals surface area contributed by atoms with Crippen LogP contribution < -0.4 is 0 Å². The lowest BCUT2D eigenvalue weighted by molar-refractivity contribution is -0.139. The largest absolute Gasteiger partial charge is 0.462 e. The number of esters is 1. The number of carbonyl (C=O) groups is 2. The Morgan fingerprint density at radius 2 is 1.79 bits per heavy atom. The van der Waals surface area contributed by atoms with Crippen LogP contribution >= 0.6 is 0 Å². The average molecular weight is 260 g/mol. The number of carbonyl (C=O) groups excluding carboxylic acids is 2. The Bertz CT molecular complexity index is 481. The predicted octanol–water partition coefficient (Wildman–Crippen LogP) is 3.35. The maximum absolute atomic E-state index is 11.7. The Morgan fingerprint density at radius 1 is 1.21 bits per heavy atom. The molecule has 0 radical (unpaired) electrons. The molecule has 0 aliphatic heterocycles. The highest BCUT2D eigenvalue weighted by Crippen LogP contribution is 2.16. The minimum Gasteiger partial charge on any atom is -0.462 e. The molecule has 0 heterocycles. The summed E-state index contributed by atoms with van der Waals surface area (Å²) in [6, 6.07) is 7.80. The number of rotatable bonds is 5. The van der Waals surface area contributed by atoms with E-state index < -0.39 is 5.97 Å². The zero-order valence-electron chi connectivity index (χ0n) is 11.9. The van der Waals surface area contributed by atoms with E-state index in [0.29, 0.717) is 5.92 Å². The Kier molecular flexibility index (Phi) is 5.49. The molecule has 102 valence electrons. The van der Waals surface area contributed by atoms with Gasteiger partial charge in [0.2, 0.25) is 0 Å². The fraction of sp³-hybridized carbons (Fsp3) is 0.375. The molecule has 0 amide bonds. The van der Waals surface area contributed by atoms with Gasteiger partial charge in [0.1, 0.15) is 5.57 Å². The van der Waals surface area contributed by atoms with Gasteiger partial charge in [-0.25, -0.2) is 4.79 Å². The van der Waals surface area contributed by atoms with Gasteiger partial charge in [0.05, 0.1) is 6.61 Å². The van der Waals surface area contributed by atoms with E-state index in [1.807, 2.05) is 24.3 Å². The monoisotopic (exact) mass is 260 g/mol. The van der Waals surface area contributed by atoms with Gasteiger partial charge in [-0.2, -0.15) is 0 Å². The van der Waals surface area contributed by atoms with Crippen LogP contribution in [0, 0.1) is 0 Å². The van der Waals surface area contributed by atoms with Crippen LogP contribution in [0.4, 0.5) is 0 Å². The van der Waals surface area contributed by atoms with Crippen LogP contribution in [0.1, 0.15) is 44.7 Å². The molecule has 1 aromatic carbocycles. The van der Waals surface area contributed by atoms with Gasteiger partial charge in [-0.3, -0.25) is 4.79 Å². The maximum Gasteiger partial charge on any atom is 0.341 e. The summed E-state index contributed by atoms with van der Waals surface area (Å²) in [5.74, 6) is -0.398. The van der Waals surface area contributed by atoms with E-state index in [1.54, 1.807) is 13.0 Å². The van der Waals surface area contributed by atoms with Crippen molar-refractivity contribution in [3.63, 3.8) is 0 Å². The second-order valence-electron chi connectivity index (χ2n) is 4.66. The van der Waals surface area contributed by atoms with Gasteiger partial charge in [0, 0.05) is 0 Å². The zero-order valence-corrected chi connectivity index (χ0v) is 11.9. The lowest BCUT2D eigenvalue weighted by Crippen LogP contribution is -2.13. The van der Waals surface area contributed by atoms with Crippen molar-refractivity contribution in [2.24, 2.45) is 0 Å². The van der Waals surface area contributed by atoms with Crippen LogP contribution in [-0.4, -0.2) is 18.4 Å². The Morgan fingerprint density at radius 3 is 2.21 bits per heavy atom. The van der Waals surface area contributed by atoms with Crippen molar-refractivity contribution < 1.29 is 14.3 Å². The first kappa shape index (κ1) is 15.2. The smallest absolute Gasteiger partial charge is 0.341 e. The fourth-order valence-corrected chi connectivity index (χ4v) is 1.66. The standard InChI is InChI=1S/C16H20O3/c1-5-19-16(18)15(12(4)17)10-13-6-8-14(9-7-13)11(2)3/h6-11H,5H2,1-4H3/b15-10+. The van der Waals surface area contributed by atoms with Gasteiger partial charge in [-0.05, 0) is 37.0 Å². The first-order valence-corrected chi connectivity index (χ1v) is 6.45. The van der Waals surface area contributed by atoms with E-state index in [1.165, 1.54) is 12.5 Å². The summed E-state index contributed by atoms with van der Waals surface area (Å²) in [5, 5.41) is 0. The van der Waals surface area contributed by atoms with Crippen LogP contribution in [0.5, 0.6) is 0 Å². The summed E-state index contributed by atoms with van der Waals surface area (Å²) in [4.78, 5) is 23.1. The number of Topliss-reactive ketones (excluding diaryl/α,β-unsaturated/α-hetero) is 1. The van der Waals surface area contributed by atoms with E-state index in [9.17, 15) is 9.59 Å². The van der Waals surface area contributed by atoms with Gasteiger partial charge in [0.15, 0.2) is 5.78 Å². The fourth-order valence-electron chi connectivity index (χ4n) is 1.66. The van der Waals surface area contributed by atoms with Crippen molar-refractivity contribution in [3.8, 4) is 0 Å². The molecule has 0 saturated heterocycles. The van der Waals surface area contributed by atoms with Crippen LogP contribution in [0.3, 0.4) is 0 Å². The summed E-state index contributed by atoms with van der Waals surface area (Å²) < 4.78 is 4.87. The normalized spacial score (nSPS) is 11.5. The van der Waals surface area contributed by atoms with Crippen LogP contribution in [0.25, 0.3) is 6.08 Å². The topological polar surface area (TPSA) is 43.4 Å². The molecule has 0 saturated carbocycles. The molecule has 1 rings (SSSR count). The number of hydrogen-bond donors (Lipinski definition) is 0. The average Bonchev–Trinajstić information content (AvgIpc) is 2.36. The Labute approximate surface area is 114 Å². The highest BCUT2D eigenvalue weighted by atomic mass is 16.5. The summed E-state index contributed by atoms with van der Waals surface area (Å²) in [7, 11) is 0. The molecule has 0 bridgehead atoms. The third-order valence-corrected chi connectivity index (χ3v) is 2.79. The van der Waals surface area contributed by atoms with Crippen molar-refractivity contribution in [1.82, 2.24) is 0 Å². The Hall–Kier alpha value is -1.90. The van der Waals surface area contributed by atoms with Gasteiger partial charge in [-0.1, -0.05) is 38.1 Å². The molecule has 3 heteroatoms. The first-order valence-electron chi connectivity index (χ1n) is 6.45. The summed E-state index contributed by atoms with van der Waals surface area (Å²) in [5.41, 5.74) is 2.12. The van der Waals surface area contributed by atoms with Crippen molar-refractivity contribution >= 4 is 17.8 Å². The lowest BCUT2D eigenvalue weighted by Gasteiger charge is -2.06. The molecular formula is C16H20O3. The van der Waals surface area contributed by atoms with Gasteiger partial charge in [-0.15, -0.1) is 0 Å². The van der Waals surface area contributed by atoms with Gasteiger partial charge < -0.3 is 4.74 Å². The van der Waals surface area contributed by atoms with Gasteiger partial charge >= 0.3 is 5.97 Å². The summed E-state index contributed by atoms with van der Waals surface area (Å²) in [6.45, 7) is 7.57. The molecule has 0 unspecified atom stereocenters. The van der Waals surface area contributed by atoms with Crippen LogP contribution in [0.2, 0.25) is 0 Å². The number of ketones is 1. The lowest BCUT2D eigenvalue weighted by atomic mass is 10.0. The first-order chi connectivity index (χ1) is 8.95. The maximum atomic E-state index is 11.7. The van der Waals surface area contributed by atoms with E-state index in [-0.39, 0.29) is 18.0 Å². The minimum atomic E-state index is -0.567. The van der Waals surface area contributed by atoms with Crippen LogP contribution in [-0.2, 0) is 14.3 Å². The molecule has 0 aromatic heterocycles. The summed E-state index contributed by atoms with van der Waals surface area (Å²) >= 11 is 0. The Balaban J connectivity index is 3.02. The van der Waals surface area contributed by atoms with Crippen LogP contribution in [0.15, 0.2) is 29.8 Å². The molecule has 1 aromatic rings. The number of hydrogen-bond acceptors (Lipinski definition) is 3. The highest BCUT2D eigenvalue weighted by Gasteiger charge is 2.15. The molecule has 0 fully saturated rings. The highest BCUT2D eigenvalue weighted by molar-refractivity contribution is 6.19. The SMILES string of the molecule is CCOC(=O)/C(=C/c1ccc(C(C)C)cc1)C(C)=O. The minimum absolute atomic E-state index is 0.0825. The van der Waals surface area contributed by atoms with Gasteiger partial charge in [0.25, 0.3) is 0 Å². The van der Waals surface area contributed by atoms with E-state index in [4.69, 9.17) is 4.74 Å². The molecule has 0 N–H and O–H groups in total. The van der Waals surface area contributed by atoms with E-state index in [2.05, 4.69) is 13.8 Å². The molecular weight excluding hydrogens is 240 g/mol. The van der Waals surface area contributed by atoms with Crippen molar-refractivity contribution in [2.45, 2.75) is 33.6 Å². The summed E-state index contributed by atoms with van der Waals surface area (Å²) in [6.07, 6.45) is 1.57. The molecule has 0 spiro atoms. The molecule has 0 aliphatic rings. The number of ether oxygens (including phenoxy) is 1. The van der Waals surface area contributed by atoms with Crippen molar-refractivity contribution in [2.75, 3.05) is 6.61 Å². The molecule has 0 aliphatic carbocycles. The molecule has 0 atom stereocenters. The quantitative estimate of drug-likeness (QED) is 0.353. The third-order valence-electron chi connectivity index (χ3n) is 2.79. The van der Waals surface area contributed by atoms with E-state index >= 15 is 0 Å². The second-order valence-corrected chi connectivity index (χ2v) is 4.66. The molecule has 3 nitrogen and oxygen atoms in total. The predicted molar refractivity (Wildman–Crippen MR) is 75.8 cm³/mol.